The van der Waals surface area contributed by atoms with Crippen LogP contribution >= 0.6 is 12.2 Å². The third-order valence-electron chi connectivity index (χ3n) is 4.69. The molecular formula is C18H13F3N3O5S-. The second-order valence-corrected chi connectivity index (χ2v) is 6.94. The molecule has 0 unspecified atom stereocenters. The highest BCUT2D eigenvalue weighted by atomic mass is 32.1. The first kappa shape index (κ1) is 21.5. The molecule has 0 aliphatic carbocycles. The van der Waals surface area contributed by atoms with Crippen molar-refractivity contribution < 1.29 is 33.1 Å². The molecule has 0 bridgehead atoms. The van der Waals surface area contributed by atoms with Crippen LogP contribution in [0.5, 0.6) is 5.75 Å². The van der Waals surface area contributed by atoms with Gasteiger partial charge in [0.05, 0.1) is 11.0 Å². The lowest BCUT2D eigenvalue weighted by molar-refractivity contribution is -0.398. The molecule has 1 aliphatic rings. The van der Waals surface area contributed by atoms with E-state index < -0.39 is 51.1 Å². The van der Waals surface area contributed by atoms with Crippen molar-refractivity contribution in [3.05, 3.63) is 69.8 Å². The number of nitro groups is 1. The van der Waals surface area contributed by atoms with E-state index in [1.807, 2.05) is 0 Å². The lowest BCUT2D eigenvalue weighted by Crippen LogP contribution is -2.72. The van der Waals surface area contributed by atoms with Crippen LogP contribution in [0.1, 0.15) is 22.0 Å². The quantitative estimate of drug-likeness (QED) is 0.285. The van der Waals surface area contributed by atoms with E-state index in [1.54, 1.807) is 11.4 Å². The number of benzene rings is 2. The molecule has 0 aromatic heterocycles. The Morgan fingerprint density at radius 2 is 1.83 bits per heavy atom. The summed E-state index contributed by atoms with van der Waals surface area (Å²) < 4.78 is 41.6. The van der Waals surface area contributed by atoms with Gasteiger partial charge < -0.3 is 20.8 Å². The van der Waals surface area contributed by atoms with E-state index in [-0.39, 0.29) is 11.1 Å². The van der Waals surface area contributed by atoms with E-state index in [2.05, 4.69) is 5.32 Å². The zero-order chi connectivity index (χ0) is 22.3. The van der Waals surface area contributed by atoms with E-state index in [4.69, 9.17) is 12.2 Å². The minimum Gasteiger partial charge on any atom is -0.868 e. The van der Waals surface area contributed by atoms with Crippen molar-refractivity contribution in [2.45, 2.75) is 17.9 Å². The van der Waals surface area contributed by atoms with Crippen LogP contribution < -0.4 is 15.7 Å². The Labute approximate surface area is 172 Å². The summed E-state index contributed by atoms with van der Waals surface area (Å²) in [5, 5.41) is 36.9. The van der Waals surface area contributed by atoms with E-state index >= 15 is 0 Å². The van der Waals surface area contributed by atoms with E-state index in [1.165, 1.54) is 24.3 Å². The van der Waals surface area contributed by atoms with Gasteiger partial charge in [-0.05, 0) is 23.5 Å². The summed E-state index contributed by atoms with van der Waals surface area (Å²) in [6.45, 7) is 0. The maximum Gasteiger partial charge on any atom is 0.437 e. The fourth-order valence-electron chi connectivity index (χ4n) is 3.27. The number of carbonyl (C=O) groups excluding carboxylic acids is 1. The molecule has 0 spiro atoms. The molecule has 8 nitrogen and oxygen atoms in total. The number of alkyl halides is 3. The van der Waals surface area contributed by atoms with Gasteiger partial charge in [-0.15, -0.1) is 0 Å². The molecule has 3 N–H and O–H groups in total. The van der Waals surface area contributed by atoms with Crippen molar-refractivity contribution in [1.82, 2.24) is 10.6 Å². The molecule has 12 heteroatoms. The number of nitrogens with zero attached hydrogens (tertiary/aromatic N) is 1. The van der Waals surface area contributed by atoms with Crippen molar-refractivity contribution in [2.75, 3.05) is 0 Å². The first-order chi connectivity index (χ1) is 14.0. The topological polar surface area (TPSA) is 128 Å². The van der Waals surface area contributed by atoms with Crippen LogP contribution in [0.2, 0.25) is 0 Å². The number of hydrogen-bond acceptors (Lipinski definition) is 6. The molecule has 2 aromatic carbocycles. The van der Waals surface area contributed by atoms with Gasteiger partial charge in [-0.2, -0.15) is 13.2 Å². The summed E-state index contributed by atoms with van der Waals surface area (Å²) in [5.41, 5.74) is -4.97. The van der Waals surface area contributed by atoms with Gasteiger partial charge in [-0.25, -0.2) is 0 Å². The molecule has 1 fully saturated rings. The van der Waals surface area contributed by atoms with Crippen LogP contribution in [0.25, 0.3) is 0 Å². The number of Topliss-reactive ketones (excluding diaryl/α,β-unsaturated/α-hetero) is 1. The first-order valence-corrected chi connectivity index (χ1v) is 8.79. The summed E-state index contributed by atoms with van der Waals surface area (Å²) in [4.78, 5) is 23.2. The highest BCUT2D eigenvalue weighted by Gasteiger charge is 2.65. The van der Waals surface area contributed by atoms with Crippen LogP contribution in [-0.2, 0) is 0 Å². The van der Waals surface area contributed by atoms with Gasteiger partial charge in [0.2, 0.25) is 5.72 Å². The van der Waals surface area contributed by atoms with Crippen molar-refractivity contribution in [3.63, 3.8) is 0 Å². The molecule has 1 heterocycles. The first-order valence-electron chi connectivity index (χ1n) is 8.38. The number of rotatable bonds is 4. The number of nitrogens with one attached hydrogen (secondary N) is 2. The lowest BCUT2D eigenvalue weighted by Gasteiger charge is -2.46. The number of nitro benzene ring substituents is 1. The standard InChI is InChI=1S/C18H14F3N3O5S/c19-18(20,21)17(27)13(15(26)9-4-2-1-3-5-9)14(22-16(30)23-17)10-6-7-12(25)11(8-10)24(28)29/h1-8,13-14,25,27H,(H2,22,23,30)/p-1/t13-,14+,17+/m0/s1. The highest BCUT2D eigenvalue weighted by molar-refractivity contribution is 7.80. The zero-order valence-corrected chi connectivity index (χ0v) is 15.7. The summed E-state index contributed by atoms with van der Waals surface area (Å²) >= 11 is 4.78. The molecule has 2 aromatic rings. The normalized spacial score (nSPS) is 23.9. The van der Waals surface area contributed by atoms with Crippen LogP contribution in [0.3, 0.4) is 0 Å². The largest absolute Gasteiger partial charge is 0.868 e. The molecule has 0 amide bonds. The van der Waals surface area contributed by atoms with Gasteiger partial charge in [-0.1, -0.05) is 42.5 Å². The number of aliphatic hydroxyl groups is 1. The molecule has 3 rings (SSSR count). The Bertz CT molecular complexity index is 1020. The number of hydrogen-bond donors (Lipinski definition) is 3. The van der Waals surface area contributed by atoms with Gasteiger partial charge in [0.1, 0.15) is 5.92 Å². The molecule has 158 valence electrons. The summed E-state index contributed by atoms with van der Waals surface area (Å²) in [7, 11) is 0. The second kappa shape index (κ2) is 7.54. The number of halogens is 3. The third kappa shape index (κ3) is 3.66. The van der Waals surface area contributed by atoms with Crippen LogP contribution in [0, 0.1) is 16.0 Å². The van der Waals surface area contributed by atoms with Crippen LogP contribution in [-0.4, -0.2) is 32.8 Å². The Morgan fingerprint density at radius 3 is 2.40 bits per heavy atom. The van der Waals surface area contributed by atoms with E-state index in [0.29, 0.717) is 0 Å². The third-order valence-corrected chi connectivity index (χ3v) is 4.91. The van der Waals surface area contributed by atoms with Crippen molar-refractivity contribution in [1.29, 1.82) is 0 Å². The number of carbonyl (C=O) groups is 1. The van der Waals surface area contributed by atoms with Gasteiger partial charge in [-0.3, -0.25) is 14.9 Å². The van der Waals surface area contributed by atoms with Gasteiger partial charge in [0.15, 0.2) is 10.9 Å². The summed E-state index contributed by atoms with van der Waals surface area (Å²) in [6, 6.07) is 7.94. The Morgan fingerprint density at radius 1 is 1.20 bits per heavy atom. The van der Waals surface area contributed by atoms with Crippen LogP contribution in [0.15, 0.2) is 48.5 Å². The predicted molar refractivity (Wildman–Crippen MR) is 99.4 cm³/mol. The highest BCUT2D eigenvalue weighted by Crippen LogP contribution is 2.44. The molecule has 0 radical (unpaired) electrons. The minimum atomic E-state index is -5.34. The zero-order valence-electron chi connectivity index (χ0n) is 14.8. The molecular weight excluding hydrogens is 427 g/mol. The number of ketones is 1. The minimum absolute atomic E-state index is 0.124. The smallest absolute Gasteiger partial charge is 0.437 e. The van der Waals surface area contributed by atoms with E-state index in [9.17, 15) is 38.3 Å². The van der Waals surface area contributed by atoms with Crippen molar-refractivity contribution in [3.8, 4) is 5.75 Å². The Balaban J connectivity index is 2.20. The van der Waals surface area contributed by atoms with Crippen LogP contribution in [0.4, 0.5) is 18.9 Å². The van der Waals surface area contributed by atoms with Crippen molar-refractivity contribution >= 4 is 28.8 Å². The fourth-order valence-corrected chi connectivity index (χ4v) is 3.55. The molecule has 30 heavy (non-hydrogen) atoms. The maximum atomic E-state index is 13.9. The molecule has 0 saturated carbocycles. The van der Waals surface area contributed by atoms with Gasteiger partial charge in [0, 0.05) is 11.6 Å². The number of thiocarbonyl (C=S) groups is 1. The molecule has 1 aliphatic heterocycles. The lowest BCUT2D eigenvalue weighted by atomic mass is 9.77. The maximum absolute atomic E-state index is 13.9. The average Bonchev–Trinajstić information content (AvgIpc) is 2.67. The second-order valence-electron chi connectivity index (χ2n) is 6.53. The molecule has 1 saturated heterocycles. The Hall–Kier alpha value is -3.25. The van der Waals surface area contributed by atoms with Gasteiger partial charge >= 0.3 is 6.18 Å². The van der Waals surface area contributed by atoms with Gasteiger partial charge in [0.25, 0.3) is 5.69 Å². The summed E-state index contributed by atoms with van der Waals surface area (Å²) in [5.74, 6) is -4.27. The van der Waals surface area contributed by atoms with E-state index in [0.717, 1.165) is 18.2 Å². The Kier molecular flexibility index (Phi) is 5.39. The summed E-state index contributed by atoms with van der Waals surface area (Å²) in [6.07, 6.45) is -5.34. The predicted octanol–water partition coefficient (Wildman–Crippen LogP) is 1.94. The monoisotopic (exact) mass is 440 g/mol. The average molecular weight is 440 g/mol. The van der Waals surface area contributed by atoms with Crippen molar-refractivity contribution in [2.24, 2.45) is 5.92 Å². The SMILES string of the molecule is O=C(c1ccccc1)[C@@H]1[C@@H](c2ccc([O-])c([N+](=O)[O-])c2)NC(=S)N[C@]1(O)C(F)(F)F. The molecule has 3 atom stereocenters. The fraction of sp³-hybridized carbons (Fsp3) is 0.222.